The maximum absolute atomic E-state index is 12.7. The van der Waals surface area contributed by atoms with E-state index in [2.05, 4.69) is 6.08 Å². The van der Waals surface area contributed by atoms with Crippen molar-refractivity contribution in [2.24, 2.45) is 0 Å². The van der Waals surface area contributed by atoms with Crippen molar-refractivity contribution in [3.63, 3.8) is 0 Å². The van der Waals surface area contributed by atoms with Gasteiger partial charge in [-0.25, -0.2) is 0 Å². The molecule has 0 bridgehead atoms. The number of carbonyl (C=O) groups is 1. The van der Waals surface area contributed by atoms with Crippen LogP contribution < -0.4 is 0 Å². The van der Waals surface area contributed by atoms with Crippen LogP contribution in [-0.2, 0) is 0 Å². The third kappa shape index (κ3) is 3.44. The van der Waals surface area contributed by atoms with E-state index < -0.39 is 21.2 Å². The Morgan fingerprint density at radius 2 is 1.65 bits per heavy atom. The third-order valence-electron chi connectivity index (χ3n) is 4.20. The molecule has 2 aromatic carbocycles. The van der Waals surface area contributed by atoms with Crippen molar-refractivity contribution in [2.75, 3.05) is 13.1 Å². The van der Waals surface area contributed by atoms with Gasteiger partial charge in [0.25, 0.3) is 5.91 Å². The number of rotatable bonds is 4. The lowest BCUT2D eigenvalue weighted by atomic mass is 10.0. The van der Waals surface area contributed by atoms with Gasteiger partial charge in [0.1, 0.15) is 0 Å². The van der Waals surface area contributed by atoms with E-state index in [-0.39, 0.29) is 11.5 Å². The second kappa shape index (κ2) is 7.14. The van der Waals surface area contributed by atoms with Crippen LogP contribution in [0.5, 0.6) is 0 Å². The predicted molar refractivity (Wildman–Crippen MR) is 94.7 cm³/mol. The molecule has 1 heterocycles. The van der Waals surface area contributed by atoms with Crippen LogP contribution in [0, 0.1) is 20.2 Å². The zero-order chi connectivity index (χ0) is 18.7. The normalized spacial score (nSPS) is 13.8. The largest absolute Gasteiger partial charge is 0.346 e. The van der Waals surface area contributed by atoms with Gasteiger partial charge in [-0.3, -0.25) is 25.0 Å². The monoisotopic (exact) mass is 353 g/mol. The van der Waals surface area contributed by atoms with Crippen LogP contribution in [0.25, 0.3) is 5.57 Å². The van der Waals surface area contributed by atoms with Crippen molar-refractivity contribution in [3.8, 4) is 0 Å². The first-order valence-corrected chi connectivity index (χ1v) is 7.94. The number of benzene rings is 2. The van der Waals surface area contributed by atoms with Gasteiger partial charge >= 0.3 is 11.4 Å². The minimum atomic E-state index is -0.847. The minimum absolute atomic E-state index is 0.0663. The molecule has 132 valence electrons. The quantitative estimate of drug-likeness (QED) is 0.618. The van der Waals surface area contributed by atoms with Crippen molar-refractivity contribution in [1.29, 1.82) is 0 Å². The van der Waals surface area contributed by atoms with Crippen molar-refractivity contribution in [1.82, 2.24) is 4.90 Å². The van der Waals surface area contributed by atoms with E-state index >= 15 is 0 Å². The van der Waals surface area contributed by atoms with Gasteiger partial charge in [0.05, 0.1) is 9.85 Å². The number of amides is 1. The number of hydrogen-bond acceptors (Lipinski definition) is 5. The first-order chi connectivity index (χ1) is 12.5. The number of hydrogen-bond donors (Lipinski definition) is 0. The van der Waals surface area contributed by atoms with Gasteiger partial charge in [0.15, 0.2) is 0 Å². The molecule has 1 aliphatic heterocycles. The summed E-state index contributed by atoms with van der Waals surface area (Å²) in [6, 6.07) is 12.9. The molecule has 8 heteroatoms. The average molecular weight is 353 g/mol. The number of nitrogens with zero attached hydrogens (tertiary/aromatic N) is 3. The molecule has 1 aliphatic rings. The molecule has 0 aliphatic carbocycles. The van der Waals surface area contributed by atoms with Crippen LogP contribution in [0.1, 0.15) is 22.3 Å². The summed E-state index contributed by atoms with van der Waals surface area (Å²) in [7, 11) is 0. The highest BCUT2D eigenvalue weighted by Crippen LogP contribution is 2.29. The molecular weight excluding hydrogens is 338 g/mol. The van der Waals surface area contributed by atoms with Crippen LogP contribution in [0.3, 0.4) is 0 Å². The lowest BCUT2D eigenvalue weighted by Crippen LogP contribution is -2.35. The standard InChI is InChI=1S/C18H15N3O5/c22-18(14-8-9-16(20(23)24)17(11-14)21(25)26)19-10-4-7-15(12-19)13-5-2-1-3-6-13/h1-3,5-9,11H,4,10,12H2. The van der Waals surface area contributed by atoms with E-state index in [1.54, 1.807) is 4.90 Å². The number of nitro benzene ring substituents is 2. The zero-order valence-corrected chi connectivity index (χ0v) is 13.7. The Labute approximate surface area is 148 Å². The van der Waals surface area contributed by atoms with Crippen molar-refractivity contribution < 1.29 is 14.6 Å². The average Bonchev–Trinajstić information content (AvgIpc) is 2.67. The van der Waals surface area contributed by atoms with Crippen LogP contribution >= 0.6 is 0 Å². The van der Waals surface area contributed by atoms with E-state index in [4.69, 9.17) is 0 Å². The summed E-state index contributed by atoms with van der Waals surface area (Å²) in [4.78, 5) is 34.6. The summed E-state index contributed by atoms with van der Waals surface area (Å²) in [5, 5.41) is 22.0. The van der Waals surface area contributed by atoms with Crippen LogP contribution in [0.2, 0.25) is 0 Å². The summed E-state index contributed by atoms with van der Waals surface area (Å²) in [6.45, 7) is 0.869. The smallest absolute Gasteiger partial charge is 0.334 e. The van der Waals surface area contributed by atoms with Gasteiger partial charge in [0.2, 0.25) is 0 Å². The molecule has 3 rings (SSSR count). The van der Waals surface area contributed by atoms with Gasteiger partial charge in [-0.2, -0.15) is 0 Å². The SMILES string of the molecule is O=C(c1ccc([N+](=O)[O-])c([N+](=O)[O-])c1)N1CCC=C(c2ccccc2)C1. The van der Waals surface area contributed by atoms with E-state index in [1.807, 2.05) is 30.3 Å². The topological polar surface area (TPSA) is 107 Å². The first-order valence-electron chi connectivity index (χ1n) is 7.94. The van der Waals surface area contributed by atoms with Crippen LogP contribution in [0.15, 0.2) is 54.6 Å². The van der Waals surface area contributed by atoms with Crippen LogP contribution in [-0.4, -0.2) is 33.7 Å². The molecule has 0 N–H and O–H groups in total. The Kier molecular flexibility index (Phi) is 4.74. The van der Waals surface area contributed by atoms with Crippen molar-refractivity contribution in [2.45, 2.75) is 6.42 Å². The predicted octanol–water partition coefficient (Wildman–Crippen LogP) is 3.43. The lowest BCUT2D eigenvalue weighted by molar-refractivity contribution is -0.422. The molecule has 0 radical (unpaired) electrons. The van der Waals surface area contributed by atoms with Crippen molar-refractivity contribution >= 4 is 22.9 Å². The van der Waals surface area contributed by atoms with E-state index in [1.165, 1.54) is 6.07 Å². The Morgan fingerprint density at radius 3 is 2.31 bits per heavy atom. The minimum Gasteiger partial charge on any atom is -0.334 e. The fraction of sp³-hybridized carbons (Fsp3) is 0.167. The fourth-order valence-corrected chi connectivity index (χ4v) is 2.92. The number of carbonyl (C=O) groups excluding carboxylic acids is 1. The Hall–Kier alpha value is -3.55. The van der Waals surface area contributed by atoms with E-state index in [0.29, 0.717) is 19.5 Å². The lowest BCUT2D eigenvalue weighted by Gasteiger charge is -2.27. The summed E-state index contributed by atoms with van der Waals surface area (Å²) in [5.74, 6) is -0.385. The molecule has 26 heavy (non-hydrogen) atoms. The van der Waals surface area contributed by atoms with Crippen LogP contribution in [0.4, 0.5) is 11.4 Å². The Morgan fingerprint density at radius 1 is 0.962 bits per heavy atom. The molecule has 0 spiro atoms. The Bertz CT molecular complexity index is 908. The van der Waals surface area contributed by atoms with Gasteiger partial charge in [-0.1, -0.05) is 36.4 Å². The second-order valence-electron chi connectivity index (χ2n) is 5.83. The number of nitro groups is 2. The molecule has 8 nitrogen and oxygen atoms in total. The molecule has 1 amide bonds. The first kappa shape index (κ1) is 17.3. The molecule has 0 fully saturated rings. The van der Waals surface area contributed by atoms with Crippen molar-refractivity contribution in [3.05, 3.63) is 86.0 Å². The highest BCUT2D eigenvalue weighted by atomic mass is 16.6. The molecule has 2 aromatic rings. The molecule has 0 aromatic heterocycles. The summed E-state index contributed by atoms with van der Waals surface area (Å²) >= 11 is 0. The molecule has 0 saturated heterocycles. The van der Waals surface area contributed by atoms with E-state index in [0.717, 1.165) is 23.3 Å². The second-order valence-corrected chi connectivity index (χ2v) is 5.83. The van der Waals surface area contributed by atoms with Gasteiger partial charge in [-0.15, -0.1) is 0 Å². The van der Waals surface area contributed by atoms with Gasteiger partial charge in [-0.05, 0) is 23.6 Å². The molecule has 0 unspecified atom stereocenters. The van der Waals surface area contributed by atoms with E-state index in [9.17, 15) is 25.0 Å². The highest BCUT2D eigenvalue weighted by molar-refractivity contribution is 5.96. The summed E-state index contributed by atoms with van der Waals surface area (Å²) < 4.78 is 0. The highest BCUT2D eigenvalue weighted by Gasteiger charge is 2.28. The maximum Gasteiger partial charge on any atom is 0.346 e. The fourth-order valence-electron chi connectivity index (χ4n) is 2.92. The summed E-state index contributed by atoms with van der Waals surface area (Å²) in [6.07, 6.45) is 2.74. The molecular formula is C18H15N3O5. The Balaban J connectivity index is 1.86. The molecule has 0 saturated carbocycles. The maximum atomic E-state index is 12.7. The summed E-state index contributed by atoms with van der Waals surface area (Å²) in [5.41, 5.74) is 0.768. The van der Waals surface area contributed by atoms with Gasteiger partial charge < -0.3 is 4.90 Å². The zero-order valence-electron chi connectivity index (χ0n) is 13.7. The molecule has 0 atom stereocenters. The van der Waals surface area contributed by atoms with Gasteiger partial charge in [0, 0.05) is 30.8 Å². The third-order valence-corrected chi connectivity index (χ3v) is 4.20.